The van der Waals surface area contributed by atoms with Crippen LogP contribution in [0.25, 0.3) is 10.9 Å². The summed E-state index contributed by atoms with van der Waals surface area (Å²) in [5.41, 5.74) is 1.61. The second-order valence-electron chi connectivity index (χ2n) is 3.49. The molecule has 2 aromatic rings. The molecule has 0 aliphatic rings. The Morgan fingerprint density at radius 3 is 2.81 bits per heavy atom. The molecule has 1 heterocycles. The normalized spacial score (nSPS) is 10.4. The van der Waals surface area contributed by atoms with E-state index in [0.29, 0.717) is 17.7 Å². The summed E-state index contributed by atoms with van der Waals surface area (Å²) in [5, 5.41) is 10.4. The second kappa shape index (κ2) is 3.81. The van der Waals surface area contributed by atoms with Gasteiger partial charge in [0.2, 0.25) is 5.88 Å². The molecule has 1 N–H and O–H groups in total. The molecule has 0 saturated heterocycles. The first-order chi connectivity index (χ1) is 7.67. The van der Waals surface area contributed by atoms with E-state index in [4.69, 9.17) is 4.74 Å². The Kier molecular flexibility index (Phi) is 2.48. The van der Waals surface area contributed by atoms with Gasteiger partial charge in [0.15, 0.2) is 6.29 Å². The van der Waals surface area contributed by atoms with Crippen LogP contribution in [-0.2, 0) is 0 Å². The number of phenolic OH excluding ortho intramolecular Hbond substituents is 1. The van der Waals surface area contributed by atoms with Crippen molar-refractivity contribution in [2.45, 2.75) is 6.92 Å². The van der Waals surface area contributed by atoms with Crippen LogP contribution in [0.1, 0.15) is 15.9 Å². The van der Waals surface area contributed by atoms with Gasteiger partial charge in [-0.3, -0.25) is 4.79 Å². The summed E-state index contributed by atoms with van der Waals surface area (Å²) in [6, 6.07) is 5.01. The van der Waals surface area contributed by atoms with Crippen LogP contribution in [0.2, 0.25) is 0 Å². The number of ether oxygens (including phenoxy) is 1. The molecular formula is C12H11NO3. The number of benzene rings is 1. The monoisotopic (exact) mass is 217 g/mol. The summed E-state index contributed by atoms with van der Waals surface area (Å²) in [6.45, 7) is 1.90. The van der Waals surface area contributed by atoms with Crippen molar-refractivity contribution < 1.29 is 14.6 Å². The topological polar surface area (TPSA) is 59.4 Å². The number of pyridine rings is 1. The van der Waals surface area contributed by atoms with Crippen LogP contribution in [0.3, 0.4) is 0 Å². The maximum atomic E-state index is 10.9. The predicted octanol–water partition coefficient (Wildman–Crippen LogP) is 2.07. The van der Waals surface area contributed by atoms with E-state index in [9.17, 15) is 9.90 Å². The molecule has 0 unspecified atom stereocenters. The summed E-state index contributed by atoms with van der Waals surface area (Å²) < 4.78 is 5.03. The number of hydrogen-bond donors (Lipinski definition) is 1. The second-order valence-corrected chi connectivity index (χ2v) is 3.49. The molecule has 0 spiro atoms. The highest BCUT2D eigenvalue weighted by molar-refractivity contribution is 5.99. The summed E-state index contributed by atoms with van der Waals surface area (Å²) in [4.78, 5) is 15.1. The van der Waals surface area contributed by atoms with Gasteiger partial charge in [-0.05, 0) is 24.6 Å². The lowest BCUT2D eigenvalue weighted by Gasteiger charge is -2.07. The number of aryl methyl sites for hydroxylation is 1. The SMILES string of the molecule is COc1cc(C)c2ccc(O)c(C=O)c2n1. The van der Waals surface area contributed by atoms with Gasteiger partial charge in [0.1, 0.15) is 5.75 Å². The van der Waals surface area contributed by atoms with E-state index in [1.165, 1.54) is 13.2 Å². The standard InChI is InChI=1S/C12H11NO3/c1-7-5-11(16-2)13-12-8(7)3-4-10(15)9(12)6-14/h3-6,15H,1-2H3. The molecule has 16 heavy (non-hydrogen) atoms. The maximum Gasteiger partial charge on any atom is 0.213 e. The Hall–Kier alpha value is -2.10. The smallest absolute Gasteiger partial charge is 0.213 e. The van der Waals surface area contributed by atoms with Gasteiger partial charge in [-0.2, -0.15) is 0 Å². The lowest BCUT2D eigenvalue weighted by atomic mass is 10.1. The van der Waals surface area contributed by atoms with Crippen molar-refractivity contribution in [2.24, 2.45) is 0 Å². The van der Waals surface area contributed by atoms with Crippen LogP contribution in [0.15, 0.2) is 18.2 Å². The van der Waals surface area contributed by atoms with Crippen molar-refractivity contribution in [3.8, 4) is 11.6 Å². The zero-order chi connectivity index (χ0) is 11.7. The maximum absolute atomic E-state index is 10.9. The van der Waals surface area contributed by atoms with E-state index in [1.54, 1.807) is 12.1 Å². The first kappa shape index (κ1) is 10.4. The molecule has 82 valence electrons. The number of carbonyl (C=O) groups excluding carboxylic acids is 1. The largest absolute Gasteiger partial charge is 0.507 e. The van der Waals surface area contributed by atoms with E-state index < -0.39 is 0 Å². The predicted molar refractivity (Wildman–Crippen MR) is 60.1 cm³/mol. The van der Waals surface area contributed by atoms with Crippen molar-refractivity contribution in [1.29, 1.82) is 0 Å². The molecule has 0 aliphatic heterocycles. The molecule has 0 bridgehead atoms. The first-order valence-corrected chi connectivity index (χ1v) is 4.80. The number of methoxy groups -OCH3 is 1. The van der Waals surface area contributed by atoms with Crippen molar-refractivity contribution >= 4 is 17.2 Å². The zero-order valence-electron chi connectivity index (χ0n) is 9.02. The number of nitrogens with zero attached hydrogens (tertiary/aromatic N) is 1. The number of phenols is 1. The minimum atomic E-state index is -0.0670. The van der Waals surface area contributed by atoms with Gasteiger partial charge < -0.3 is 9.84 Å². The molecular weight excluding hydrogens is 206 g/mol. The molecule has 0 fully saturated rings. The fraction of sp³-hybridized carbons (Fsp3) is 0.167. The number of carbonyl (C=O) groups is 1. The van der Waals surface area contributed by atoms with Gasteiger partial charge >= 0.3 is 0 Å². The fourth-order valence-corrected chi connectivity index (χ4v) is 1.66. The highest BCUT2D eigenvalue weighted by Gasteiger charge is 2.10. The van der Waals surface area contributed by atoms with E-state index in [1.807, 2.05) is 6.92 Å². The first-order valence-electron chi connectivity index (χ1n) is 4.80. The number of aromatic hydroxyl groups is 1. The van der Waals surface area contributed by atoms with Crippen LogP contribution in [0.5, 0.6) is 11.6 Å². The molecule has 0 saturated carbocycles. The number of aldehydes is 1. The van der Waals surface area contributed by atoms with Gasteiger partial charge in [-0.25, -0.2) is 4.98 Å². The Balaban J connectivity index is 2.90. The summed E-state index contributed by atoms with van der Waals surface area (Å²) in [5.74, 6) is 0.362. The number of hydrogen-bond acceptors (Lipinski definition) is 4. The molecule has 2 rings (SSSR count). The van der Waals surface area contributed by atoms with E-state index in [-0.39, 0.29) is 11.3 Å². The molecule has 0 aliphatic carbocycles. The van der Waals surface area contributed by atoms with Crippen molar-refractivity contribution in [3.05, 3.63) is 29.3 Å². The fourth-order valence-electron chi connectivity index (χ4n) is 1.66. The van der Waals surface area contributed by atoms with E-state index in [0.717, 1.165) is 10.9 Å². The van der Waals surface area contributed by atoms with E-state index in [2.05, 4.69) is 4.98 Å². The van der Waals surface area contributed by atoms with Crippen LogP contribution < -0.4 is 4.74 Å². The third-order valence-corrected chi connectivity index (χ3v) is 2.51. The Morgan fingerprint density at radius 1 is 1.44 bits per heavy atom. The van der Waals surface area contributed by atoms with Gasteiger partial charge in [-0.15, -0.1) is 0 Å². The average molecular weight is 217 g/mol. The summed E-state index contributed by atoms with van der Waals surface area (Å²) in [7, 11) is 1.51. The highest BCUT2D eigenvalue weighted by Crippen LogP contribution is 2.28. The summed E-state index contributed by atoms with van der Waals surface area (Å²) in [6.07, 6.45) is 0.601. The lowest BCUT2D eigenvalue weighted by molar-refractivity contribution is 0.112. The van der Waals surface area contributed by atoms with Gasteiger partial charge in [0.25, 0.3) is 0 Å². The van der Waals surface area contributed by atoms with Gasteiger partial charge in [-0.1, -0.05) is 0 Å². The minimum absolute atomic E-state index is 0.0670. The van der Waals surface area contributed by atoms with Crippen molar-refractivity contribution in [1.82, 2.24) is 4.98 Å². The Morgan fingerprint density at radius 2 is 2.19 bits per heavy atom. The molecule has 4 nitrogen and oxygen atoms in total. The van der Waals surface area contributed by atoms with Crippen molar-refractivity contribution in [3.63, 3.8) is 0 Å². The molecule has 0 radical (unpaired) electrons. The molecule has 1 aromatic heterocycles. The molecule has 1 aromatic carbocycles. The summed E-state index contributed by atoms with van der Waals surface area (Å²) >= 11 is 0. The highest BCUT2D eigenvalue weighted by atomic mass is 16.5. The zero-order valence-corrected chi connectivity index (χ0v) is 9.02. The number of aromatic nitrogens is 1. The van der Waals surface area contributed by atoms with Crippen LogP contribution in [0.4, 0.5) is 0 Å². The molecule has 4 heteroatoms. The number of fused-ring (bicyclic) bond motifs is 1. The van der Waals surface area contributed by atoms with Crippen LogP contribution >= 0.6 is 0 Å². The quantitative estimate of drug-likeness (QED) is 0.782. The van der Waals surface area contributed by atoms with Crippen LogP contribution in [0, 0.1) is 6.92 Å². The van der Waals surface area contributed by atoms with Gasteiger partial charge in [0, 0.05) is 11.5 Å². The van der Waals surface area contributed by atoms with Crippen molar-refractivity contribution in [2.75, 3.05) is 7.11 Å². The van der Waals surface area contributed by atoms with Crippen LogP contribution in [-0.4, -0.2) is 23.5 Å². The van der Waals surface area contributed by atoms with Gasteiger partial charge in [0.05, 0.1) is 18.2 Å². The Labute approximate surface area is 92.5 Å². The number of rotatable bonds is 2. The molecule has 0 atom stereocenters. The molecule has 0 amide bonds. The lowest BCUT2D eigenvalue weighted by Crippen LogP contribution is -1.94. The third-order valence-electron chi connectivity index (χ3n) is 2.51. The Bertz CT molecular complexity index is 564. The average Bonchev–Trinajstić information content (AvgIpc) is 2.28. The van der Waals surface area contributed by atoms with E-state index >= 15 is 0 Å². The minimum Gasteiger partial charge on any atom is -0.507 e. The third kappa shape index (κ3) is 1.48.